The van der Waals surface area contributed by atoms with Crippen molar-refractivity contribution in [2.75, 3.05) is 25.9 Å². The van der Waals surface area contributed by atoms with Crippen LogP contribution in [0, 0.1) is 0 Å². The number of rotatable bonds is 6. The van der Waals surface area contributed by atoms with Crippen LogP contribution in [0.25, 0.3) is 22.3 Å². The molecule has 3 heterocycles. The standard InChI is InChI=1S/C31H34F3N7O4/c1-30(2,3)45-29(43)40-13-5-6-21(16-40)41-27-24(26(35)37-17-38-27)25(39-41)19-9-7-18(8-10-19)15-36-28(42)22-12-11-20(31(32,33)34)14-23(22)44-4/h7-12,14,17,21H,5-6,13,15-16H2,1-4H3,(H,36,42)(H2,35,37,38)/t21-/m1/s1. The number of nitrogen functional groups attached to an aromatic ring is 1. The molecule has 238 valence electrons. The molecular formula is C31H34F3N7O4. The van der Waals surface area contributed by atoms with Gasteiger partial charge < -0.3 is 25.4 Å². The summed E-state index contributed by atoms with van der Waals surface area (Å²) in [6, 6.07) is 9.82. The minimum Gasteiger partial charge on any atom is -0.496 e. The number of piperidine rings is 1. The van der Waals surface area contributed by atoms with E-state index in [0.29, 0.717) is 29.8 Å². The predicted octanol–water partition coefficient (Wildman–Crippen LogP) is 5.60. The molecule has 0 saturated carbocycles. The van der Waals surface area contributed by atoms with E-state index in [4.69, 9.17) is 20.3 Å². The average Bonchev–Trinajstić information content (AvgIpc) is 3.39. The SMILES string of the molecule is COc1cc(C(F)(F)F)ccc1C(=O)NCc1ccc(-c2nn([C@@H]3CCCN(C(=O)OC(C)(C)C)C3)c3ncnc(N)c23)cc1. The third-order valence-corrected chi connectivity index (χ3v) is 7.37. The summed E-state index contributed by atoms with van der Waals surface area (Å²) in [5.74, 6) is -0.484. The number of carbonyl (C=O) groups is 2. The second-order valence-corrected chi connectivity index (χ2v) is 11.8. The first-order valence-electron chi connectivity index (χ1n) is 14.3. The summed E-state index contributed by atoms with van der Waals surface area (Å²) in [7, 11) is 1.21. The van der Waals surface area contributed by atoms with Crippen LogP contribution in [0.3, 0.4) is 0 Å². The Morgan fingerprint density at radius 1 is 1.09 bits per heavy atom. The van der Waals surface area contributed by atoms with Crippen molar-refractivity contribution in [3.63, 3.8) is 0 Å². The highest BCUT2D eigenvalue weighted by molar-refractivity contribution is 5.98. The van der Waals surface area contributed by atoms with Crippen LogP contribution in [0.15, 0.2) is 48.8 Å². The quantitative estimate of drug-likeness (QED) is 0.282. The number of halogens is 3. The minimum absolute atomic E-state index is 0.0115. The van der Waals surface area contributed by atoms with Gasteiger partial charge in [-0.1, -0.05) is 24.3 Å². The van der Waals surface area contributed by atoms with E-state index in [1.54, 1.807) is 21.7 Å². The minimum atomic E-state index is -4.56. The molecule has 2 aromatic carbocycles. The molecule has 1 saturated heterocycles. The number of ether oxygens (including phenoxy) is 2. The van der Waals surface area contributed by atoms with E-state index in [1.165, 1.54) is 13.4 Å². The van der Waals surface area contributed by atoms with Crippen LogP contribution in [0.1, 0.15) is 61.1 Å². The topological polar surface area (TPSA) is 137 Å². The number of likely N-dealkylation sites (tertiary alicyclic amines) is 1. The van der Waals surface area contributed by atoms with Crippen LogP contribution < -0.4 is 15.8 Å². The van der Waals surface area contributed by atoms with Crippen molar-refractivity contribution >= 4 is 28.9 Å². The summed E-state index contributed by atoms with van der Waals surface area (Å²) in [5, 5.41) is 8.19. The molecule has 0 spiro atoms. The van der Waals surface area contributed by atoms with Gasteiger partial charge in [0.05, 0.1) is 29.7 Å². The number of aromatic nitrogens is 4. The number of nitrogens with one attached hydrogen (secondary N) is 1. The zero-order valence-electron chi connectivity index (χ0n) is 25.3. The molecule has 0 aliphatic carbocycles. The van der Waals surface area contributed by atoms with Gasteiger partial charge in [-0.25, -0.2) is 19.4 Å². The molecule has 1 aliphatic rings. The predicted molar refractivity (Wildman–Crippen MR) is 160 cm³/mol. The van der Waals surface area contributed by atoms with Crippen LogP contribution in [0.4, 0.5) is 23.8 Å². The summed E-state index contributed by atoms with van der Waals surface area (Å²) in [5.41, 5.74) is 7.37. The van der Waals surface area contributed by atoms with E-state index in [0.717, 1.165) is 42.2 Å². The number of fused-ring (bicyclic) bond motifs is 1. The van der Waals surface area contributed by atoms with Gasteiger partial charge >= 0.3 is 12.3 Å². The number of nitrogens with two attached hydrogens (primary N) is 1. The van der Waals surface area contributed by atoms with Crippen molar-refractivity contribution in [1.29, 1.82) is 0 Å². The molecule has 1 fully saturated rings. The highest BCUT2D eigenvalue weighted by atomic mass is 19.4. The molecule has 1 aliphatic heterocycles. The molecule has 0 bridgehead atoms. The molecule has 4 aromatic rings. The lowest BCUT2D eigenvalue weighted by Crippen LogP contribution is -2.43. The molecule has 45 heavy (non-hydrogen) atoms. The number of hydrogen-bond donors (Lipinski definition) is 2. The number of alkyl halides is 3. The highest BCUT2D eigenvalue weighted by Crippen LogP contribution is 2.35. The van der Waals surface area contributed by atoms with Gasteiger partial charge in [-0.05, 0) is 57.4 Å². The largest absolute Gasteiger partial charge is 0.496 e. The summed E-state index contributed by atoms with van der Waals surface area (Å²) >= 11 is 0. The molecular weight excluding hydrogens is 591 g/mol. The monoisotopic (exact) mass is 625 g/mol. The van der Waals surface area contributed by atoms with E-state index < -0.39 is 23.2 Å². The summed E-state index contributed by atoms with van der Waals surface area (Å²) in [6.07, 6.45) is -2.01. The van der Waals surface area contributed by atoms with Crippen LogP contribution in [0.2, 0.25) is 0 Å². The number of amides is 2. The van der Waals surface area contributed by atoms with Gasteiger partial charge in [0.15, 0.2) is 5.65 Å². The van der Waals surface area contributed by atoms with Crippen LogP contribution in [-0.2, 0) is 17.5 Å². The average molecular weight is 626 g/mol. The number of anilines is 1. The van der Waals surface area contributed by atoms with E-state index >= 15 is 0 Å². The van der Waals surface area contributed by atoms with Crippen molar-refractivity contribution in [1.82, 2.24) is 30.0 Å². The Morgan fingerprint density at radius 3 is 2.49 bits per heavy atom. The Hall–Kier alpha value is -4.88. The van der Waals surface area contributed by atoms with Crippen molar-refractivity contribution in [3.05, 3.63) is 65.5 Å². The second kappa shape index (κ2) is 12.3. The summed E-state index contributed by atoms with van der Waals surface area (Å²) in [4.78, 5) is 35.9. The molecule has 2 aromatic heterocycles. The maximum atomic E-state index is 13.1. The number of methoxy groups -OCH3 is 1. The summed E-state index contributed by atoms with van der Waals surface area (Å²) < 4.78 is 51.6. The van der Waals surface area contributed by atoms with Gasteiger partial charge in [0.2, 0.25) is 0 Å². The third-order valence-electron chi connectivity index (χ3n) is 7.37. The maximum Gasteiger partial charge on any atom is 0.416 e. The Bertz CT molecular complexity index is 1720. The van der Waals surface area contributed by atoms with E-state index in [2.05, 4.69) is 15.3 Å². The van der Waals surface area contributed by atoms with Crippen molar-refractivity contribution in [3.8, 4) is 17.0 Å². The normalized spacial score (nSPS) is 15.6. The number of benzene rings is 2. The molecule has 1 atom stereocenters. The van der Waals surface area contributed by atoms with Crippen LogP contribution >= 0.6 is 0 Å². The lowest BCUT2D eigenvalue weighted by molar-refractivity contribution is -0.137. The molecule has 11 nitrogen and oxygen atoms in total. The van der Waals surface area contributed by atoms with E-state index in [1.807, 2.05) is 32.9 Å². The van der Waals surface area contributed by atoms with Gasteiger partial charge in [-0.3, -0.25) is 4.79 Å². The zero-order valence-corrected chi connectivity index (χ0v) is 25.3. The van der Waals surface area contributed by atoms with Gasteiger partial charge in [-0.15, -0.1) is 0 Å². The first-order chi connectivity index (χ1) is 21.2. The maximum absolute atomic E-state index is 13.1. The Labute approximate surface area is 257 Å². The first-order valence-corrected chi connectivity index (χ1v) is 14.3. The molecule has 0 radical (unpaired) electrons. The number of nitrogens with zero attached hydrogens (tertiary/aromatic N) is 5. The fourth-order valence-corrected chi connectivity index (χ4v) is 5.21. The van der Waals surface area contributed by atoms with Gasteiger partial charge in [0, 0.05) is 25.2 Å². The van der Waals surface area contributed by atoms with Crippen LogP contribution in [-0.4, -0.2) is 62.4 Å². The zero-order chi connectivity index (χ0) is 32.5. The number of carbonyl (C=O) groups excluding carboxylic acids is 2. The number of hydrogen-bond acceptors (Lipinski definition) is 8. The Morgan fingerprint density at radius 2 is 1.82 bits per heavy atom. The molecule has 5 rings (SSSR count). The fourth-order valence-electron chi connectivity index (χ4n) is 5.21. The van der Waals surface area contributed by atoms with Crippen LogP contribution in [0.5, 0.6) is 5.75 Å². The van der Waals surface area contributed by atoms with Crippen molar-refractivity contribution < 1.29 is 32.2 Å². The highest BCUT2D eigenvalue weighted by Gasteiger charge is 2.33. The Balaban J connectivity index is 1.34. The molecule has 2 amide bonds. The lowest BCUT2D eigenvalue weighted by atomic mass is 10.1. The van der Waals surface area contributed by atoms with Gasteiger partial charge in [0.1, 0.15) is 29.2 Å². The van der Waals surface area contributed by atoms with E-state index in [9.17, 15) is 22.8 Å². The van der Waals surface area contributed by atoms with Gasteiger partial charge in [0.25, 0.3) is 5.91 Å². The fraction of sp³-hybridized carbons (Fsp3) is 0.387. The van der Waals surface area contributed by atoms with Crippen molar-refractivity contribution in [2.24, 2.45) is 0 Å². The van der Waals surface area contributed by atoms with Gasteiger partial charge in [-0.2, -0.15) is 18.3 Å². The smallest absolute Gasteiger partial charge is 0.416 e. The third kappa shape index (κ3) is 6.94. The Kier molecular flexibility index (Phi) is 8.59. The molecule has 14 heteroatoms. The van der Waals surface area contributed by atoms with Crippen molar-refractivity contribution in [2.45, 2.75) is 58.0 Å². The molecule has 3 N–H and O–H groups in total. The lowest BCUT2D eigenvalue weighted by Gasteiger charge is -2.34. The van der Waals surface area contributed by atoms with E-state index in [-0.39, 0.29) is 35.8 Å². The molecule has 0 unspecified atom stereocenters. The first kappa shape index (κ1) is 31.5. The second-order valence-electron chi connectivity index (χ2n) is 11.8. The summed E-state index contributed by atoms with van der Waals surface area (Å²) in [6.45, 7) is 6.58.